The number of amidine groups is 1. The van der Waals surface area contributed by atoms with Crippen LogP contribution in [0, 0.1) is 10.8 Å². The topological polar surface area (TPSA) is 56.6 Å². The van der Waals surface area contributed by atoms with Crippen LogP contribution in [0.4, 0.5) is 0 Å². The Morgan fingerprint density at radius 3 is 2.50 bits per heavy atom. The predicted octanol–water partition coefficient (Wildman–Crippen LogP) is 1.48. The lowest BCUT2D eigenvalue weighted by Crippen LogP contribution is -2.57. The van der Waals surface area contributed by atoms with Crippen molar-refractivity contribution in [2.24, 2.45) is 5.41 Å². The third-order valence-electron chi connectivity index (χ3n) is 2.71. The molecule has 1 atom stereocenters. The first-order chi connectivity index (χ1) is 7.15. The third kappa shape index (κ3) is 3.19. The second-order valence-electron chi connectivity index (χ2n) is 6.16. The van der Waals surface area contributed by atoms with Crippen LogP contribution in [0.2, 0.25) is 0 Å². The maximum Gasteiger partial charge on any atom is 0.101 e. The maximum atomic E-state index is 9.20. The van der Waals surface area contributed by atoms with Gasteiger partial charge in [0.2, 0.25) is 0 Å². The van der Waals surface area contributed by atoms with Gasteiger partial charge in [-0.05, 0) is 13.8 Å². The van der Waals surface area contributed by atoms with Crippen molar-refractivity contribution in [2.45, 2.75) is 46.3 Å². The lowest BCUT2D eigenvalue weighted by Gasteiger charge is -2.45. The standard InChI is InChI=1S/C12H24N2O2/c1-11(2,3)10(13)14-6-9(7-15)16-12(4,5)8-14/h9,13,15H,6-8H2,1-5H3. The first kappa shape index (κ1) is 13.5. The van der Waals surface area contributed by atoms with Gasteiger partial charge in [0, 0.05) is 18.5 Å². The Hall–Kier alpha value is -0.610. The SMILES string of the molecule is CC1(C)CN(C(=N)C(C)(C)C)CC(CO)O1. The lowest BCUT2D eigenvalue weighted by atomic mass is 9.92. The van der Waals surface area contributed by atoms with E-state index in [-0.39, 0.29) is 23.7 Å². The molecule has 0 radical (unpaired) electrons. The van der Waals surface area contributed by atoms with E-state index in [1.54, 1.807) is 0 Å². The molecule has 0 aromatic heterocycles. The van der Waals surface area contributed by atoms with Crippen molar-refractivity contribution in [1.29, 1.82) is 5.41 Å². The molecule has 0 aliphatic carbocycles. The van der Waals surface area contributed by atoms with E-state index >= 15 is 0 Å². The summed E-state index contributed by atoms with van der Waals surface area (Å²) in [6.45, 7) is 11.4. The molecule has 1 aliphatic rings. The Balaban J connectivity index is 2.78. The summed E-state index contributed by atoms with van der Waals surface area (Å²) in [5.41, 5.74) is -0.462. The molecule has 4 heteroatoms. The molecule has 0 amide bonds. The van der Waals surface area contributed by atoms with Crippen LogP contribution in [0.15, 0.2) is 0 Å². The molecule has 1 fully saturated rings. The van der Waals surface area contributed by atoms with Gasteiger partial charge in [-0.3, -0.25) is 5.41 Å². The Kier molecular flexibility index (Phi) is 3.65. The molecular formula is C12H24N2O2. The minimum Gasteiger partial charge on any atom is -0.394 e. The molecule has 0 spiro atoms. The summed E-state index contributed by atoms with van der Waals surface area (Å²) in [6.07, 6.45) is -0.188. The third-order valence-corrected chi connectivity index (χ3v) is 2.71. The molecule has 0 bridgehead atoms. The minimum absolute atomic E-state index is 0.0113. The smallest absolute Gasteiger partial charge is 0.101 e. The van der Waals surface area contributed by atoms with Gasteiger partial charge in [0.25, 0.3) is 0 Å². The van der Waals surface area contributed by atoms with Crippen molar-refractivity contribution in [1.82, 2.24) is 4.90 Å². The van der Waals surface area contributed by atoms with E-state index in [0.717, 1.165) is 0 Å². The van der Waals surface area contributed by atoms with Crippen molar-refractivity contribution >= 4 is 5.84 Å². The lowest BCUT2D eigenvalue weighted by molar-refractivity contribution is -0.136. The van der Waals surface area contributed by atoms with E-state index in [1.165, 1.54) is 0 Å². The van der Waals surface area contributed by atoms with Crippen LogP contribution < -0.4 is 0 Å². The van der Waals surface area contributed by atoms with E-state index in [0.29, 0.717) is 18.9 Å². The number of hydrogen-bond acceptors (Lipinski definition) is 3. The zero-order chi connectivity index (χ0) is 12.6. The van der Waals surface area contributed by atoms with Crippen molar-refractivity contribution in [3.63, 3.8) is 0 Å². The van der Waals surface area contributed by atoms with E-state index in [1.807, 2.05) is 39.5 Å². The fourth-order valence-corrected chi connectivity index (χ4v) is 2.04. The van der Waals surface area contributed by atoms with Crippen LogP contribution in [-0.4, -0.2) is 47.2 Å². The Morgan fingerprint density at radius 1 is 1.50 bits per heavy atom. The predicted molar refractivity (Wildman–Crippen MR) is 64.8 cm³/mol. The van der Waals surface area contributed by atoms with Crippen LogP contribution in [0.5, 0.6) is 0 Å². The molecular weight excluding hydrogens is 204 g/mol. The molecule has 1 saturated heterocycles. The zero-order valence-electron chi connectivity index (χ0n) is 11.0. The molecule has 1 rings (SSSR count). The summed E-state index contributed by atoms with van der Waals surface area (Å²) in [7, 11) is 0. The summed E-state index contributed by atoms with van der Waals surface area (Å²) in [4.78, 5) is 2.02. The highest BCUT2D eigenvalue weighted by Crippen LogP contribution is 2.25. The summed E-state index contributed by atoms with van der Waals surface area (Å²) in [5, 5.41) is 17.4. The van der Waals surface area contributed by atoms with E-state index in [9.17, 15) is 5.11 Å². The molecule has 0 aromatic rings. The normalized spacial score (nSPS) is 25.6. The number of nitrogens with one attached hydrogen (secondary N) is 1. The van der Waals surface area contributed by atoms with Gasteiger partial charge in [0.1, 0.15) is 5.84 Å². The van der Waals surface area contributed by atoms with Gasteiger partial charge in [-0.15, -0.1) is 0 Å². The maximum absolute atomic E-state index is 9.20. The van der Waals surface area contributed by atoms with Gasteiger partial charge < -0.3 is 14.7 Å². The Labute approximate surface area is 98.1 Å². The van der Waals surface area contributed by atoms with Gasteiger partial charge in [-0.2, -0.15) is 0 Å². The Morgan fingerprint density at radius 2 is 2.06 bits per heavy atom. The van der Waals surface area contributed by atoms with Crippen LogP contribution in [0.1, 0.15) is 34.6 Å². The van der Waals surface area contributed by atoms with Gasteiger partial charge in [0.05, 0.1) is 18.3 Å². The molecule has 1 unspecified atom stereocenters. The fraction of sp³-hybridized carbons (Fsp3) is 0.917. The number of morpholine rings is 1. The average Bonchev–Trinajstić information content (AvgIpc) is 2.12. The number of hydrogen-bond donors (Lipinski definition) is 2. The van der Waals surface area contributed by atoms with Crippen molar-refractivity contribution in [3.05, 3.63) is 0 Å². The van der Waals surface area contributed by atoms with Crippen LogP contribution in [-0.2, 0) is 4.74 Å². The minimum atomic E-state index is -0.302. The summed E-state index contributed by atoms with van der Waals surface area (Å²) in [6, 6.07) is 0. The quantitative estimate of drug-likeness (QED) is 0.528. The monoisotopic (exact) mass is 228 g/mol. The first-order valence-electron chi connectivity index (χ1n) is 5.78. The molecule has 2 N–H and O–H groups in total. The number of aliphatic hydroxyl groups excluding tert-OH is 1. The van der Waals surface area contributed by atoms with E-state index in [4.69, 9.17) is 10.1 Å². The van der Waals surface area contributed by atoms with Crippen LogP contribution >= 0.6 is 0 Å². The van der Waals surface area contributed by atoms with Crippen LogP contribution in [0.3, 0.4) is 0 Å². The molecule has 94 valence electrons. The van der Waals surface area contributed by atoms with E-state index < -0.39 is 0 Å². The summed E-state index contributed by atoms with van der Waals surface area (Å²) in [5.74, 6) is 0.613. The number of rotatable bonds is 1. The van der Waals surface area contributed by atoms with Gasteiger partial charge in [-0.25, -0.2) is 0 Å². The van der Waals surface area contributed by atoms with Crippen molar-refractivity contribution in [2.75, 3.05) is 19.7 Å². The van der Waals surface area contributed by atoms with Crippen LogP contribution in [0.25, 0.3) is 0 Å². The highest BCUT2D eigenvalue weighted by atomic mass is 16.5. The average molecular weight is 228 g/mol. The molecule has 4 nitrogen and oxygen atoms in total. The Bertz CT molecular complexity index is 269. The molecule has 1 heterocycles. The van der Waals surface area contributed by atoms with Gasteiger partial charge in [-0.1, -0.05) is 20.8 Å². The number of aliphatic hydroxyl groups is 1. The highest BCUT2D eigenvalue weighted by molar-refractivity contribution is 5.84. The van der Waals surface area contributed by atoms with E-state index in [2.05, 4.69) is 0 Å². The zero-order valence-corrected chi connectivity index (χ0v) is 11.0. The highest BCUT2D eigenvalue weighted by Gasteiger charge is 2.36. The first-order valence-corrected chi connectivity index (χ1v) is 5.78. The summed E-state index contributed by atoms with van der Waals surface area (Å²) < 4.78 is 5.73. The van der Waals surface area contributed by atoms with Crippen molar-refractivity contribution in [3.8, 4) is 0 Å². The summed E-state index contributed by atoms with van der Waals surface area (Å²) >= 11 is 0. The second-order valence-corrected chi connectivity index (χ2v) is 6.16. The van der Waals surface area contributed by atoms with Crippen molar-refractivity contribution < 1.29 is 9.84 Å². The molecule has 16 heavy (non-hydrogen) atoms. The molecule has 1 aliphatic heterocycles. The molecule has 0 aromatic carbocycles. The largest absolute Gasteiger partial charge is 0.394 e. The number of ether oxygens (including phenoxy) is 1. The molecule has 0 saturated carbocycles. The van der Waals surface area contributed by atoms with Gasteiger partial charge in [0.15, 0.2) is 0 Å². The fourth-order valence-electron chi connectivity index (χ4n) is 2.04. The number of nitrogens with zero attached hydrogens (tertiary/aromatic N) is 1. The second kappa shape index (κ2) is 4.34. The van der Waals surface area contributed by atoms with Gasteiger partial charge >= 0.3 is 0 Å².